The summed E-state index contributed by atoms with van der Waals surface area (Å²) >= 11 is 7.78. The smallest absolute Gasteiger partial charge is 0.255 e. The van der Waals surface area contributed by atoms with Crippen LogP contribution in [0, 0.1) is 31.5 Å². The van der Waals surface area contributed by atoms with Gasteiger partial charge in [0.1, 0.15) is 29.5 Å². The highest BCUT2D eigenvalue weighted by molar-refractivity contribution is 7.15. The van der Waals surface area contributed by atoms with E-state index in [-0.39, 0.29) is 36.9 Å². The van der Waals surface area contributed by atoms with Crippen molar-refractivity contribution >= 4 is 52.4 Å². The van der Waals surface area contributed by atoms with E-state index in [9.17, 15) is 18.8 Å². The summed E-state index contributed by atoms with van der Waals surface area (Å²) in [5.74, 6) is 7.18. The molecule has 12 nitrogen and oxygen atoms in total. The molecule has 5 aromatic rings. The predicted molar refractivity (Wildman–Crippen MR) is 205 cm³/mol. The summed E-state index contributed by atoms with van der Waals surface area (Å²) in [7, 11) is 1.52. The van der Waals surface area contributed by atoms with Crippen molar-refractivity contribution < 1.29 is 18.8 Å². The molecule has 0 bridgehead atoms. The number of aldehydes is 1. The molecule has 0 spiro atoms. The Morgan fingerprint density at radius 2 is 1.94 bits per heavy atom. The van der Waals surface area contributed by atoms with Crippen molar-refractivity contribution in [2.45, 2.75) is 65.2 Å². The Kier molecular flexibility index (Phi) is 10.7. The highest BCUT2D eigenvalue weighted by Crippen LogP contribution is 2.37. The molecule has 2 aliphatic heterocycles. The maximum Gasteiger partial charge on any atom is 0.255 e. The third-order valence-electron chi connectivity index (χ3n) is 9.61. The van der Waals surface area contributed by atoms with Crippen LogP contribution in [0.1, 0.15) is 80.4 Å². The summed E-state index contributed by atoms with van der Waals surface area (Å²) in [6, 6.07) is 9.62. The minimum absolute atomic E-state index is 0.0919. The Morgan fingerprint density at radius 1 is 1.13 bits per heavy atom. The average Bonchev–Trinajstić information content (AvgIpc) is 3.92. The van der Waals surface area contributed by atoms with E-state index in [1.165, 1.54) is 24.1 Å². The summed E-state index contributed by atoms with van der Waals surface area (Å²) in [6.45, 7) is 5.61. The van der Waals surface area contributed by atoms with Gasteiger partial charge in [0, 0.05) is 66.6 Å². The Labute approximate surface area is 320 Å². The summed E-state index contributed by atoms with van der Waals surface area (Å²) in [5.41, 5.74) is 5.79. The van der Waals surface area contributed by atoms with Gasteiger partial charge in [0.05, 0.1) is 34.1 Å². The molecule has 2 N–H and O–H groups in total. The van der Waals surface area contributed by atoms with Gasteiger partial charge in [-0.2, -0.15) is 5.10 Å². The monoisotopic (exact) mass is 765 g/mol. The lowest BCUT2D eigenvalue weighted by Crippen LogP contribution is -2.37. The number of anilines is 1. The van der Waals surface area contributed by atoms with Gasteiger partial charge in [-0.25, -0.2) is 4.39 Å². The zero-order valence-corrected chi connectivity index (χ0v) is 31.5. The number of hydrogen-bond donors (Lipinski definition) is 2. The quantitative estimate of drug-likeness (QED) is 0.0955. The number of benzene rings is 2. The van der Waals surface area contributed by atoms with Gasteiger partial charge in [0.25, 0.3) is 5.91 Å². The Bertz CT molecular complexity index is 2350. The van der Waals surface area contributed by atoms with Crippen LogP contribution in [0.4, 0.5) is 10.1 Å². The van der Waals surface area contributed by atoms with Crippen molar-refractivity contribution in [3.8, 4) is 16.8 Å². The SMILES string of the molecule is CNC(=O)CCC(C=O)N1Cc2c(ccc(F)c2NCCCCn2cc(C#Cc3sc4c(c3C)C(c3ccc(Cl)cc3)=NCc3nnc(C)n3-4)cn2)C1=O. The first-order valence-electron chi connectivity index (χ1n) is 17.6. The maximum atomic E-state index is 15.0. The number of fused-ring (bicyclic) bond motifs is 4. The molecule has 54 heavy (non-hydrogen) atoms. The van der Waals surface area contributed by atoms with Crippen LogP contribution in [-0.2, 0) is 29.2 Å². The molecule has 2 aromatic carbocycles. The number of nitrogens with one attached hydrogen (secondary N) is 2. The number of aryl methyl sites for hydroxylation is 2. The van der Waals surface area contributed by atoms with Gasteiger partial charge < -0.3 is 20.3 Å². The third-order valence-corrected chi connectivity index (χ3v) is 11.1. The van der Waals surface area contributed by atoms with Crippen LogP contribution in [0.5, 0.6) is 0 Å². The first kappa shape index (κ1) is 36.7. The number of amides is 2. The number of hydrogen-bond acceptors (Lipinski definition) is 9. The van der Waals surface area contributed by atoms with E-state index < -0.39 is 11.9 Å². The molecule has 15 heteroatoms. The number of halogens is 2. The van der Waals surface area contributed by atoms with Crippen molar-refractivity contribution in [1.29, 1.82) is 0 Å². The molecule has 5 heterocycles. The number of aromatic nitrogens is 5. The number of unbranched alkanes of at least 4 members (excludes halogenated alkanes) is 1. The number of thiophene rings is 1. The number of aliphatic imine (C=N–C) groups is 1. The zero-order chi connectivity index (χ0) is 37.9. The summed E-state index contributed by atoms with van der Waals surface area (Å²) in [6.07, 6.45) is 6.10. The van der Waals surface area contributed by atoms with Crippen molar-refractivity contribution in [3.63, 3.8) is 0 Å². The second-order valence-corrected chi connectivity index (χ2v) is 14.5. The van der Waals surface area contributed by atoms with Crippen LogP contribution in [-0.4, -0.2) is 72.9 Å². The average molecular weight is 766 g/mol. The molecular formula is C39H37ClFN9O3S. The molecular weight excluding hydrogens is 729 g/mol. The van der Waals surface area contributed by atoms with Crippen LogP contribution in [0.3, 0.4) is 0 Å². The van der Waals surface area contributed by atoms with Gasteiger partial charge in [0.2, 0.25) is 5.91 Å². The maximum absolute atomic E-state index is 15.0. The Hall–Kier alpha value is -5.65. The number of nitrogens with zero attached hydrogens (tertiary/aromatic N) is 7. The van der Waals surface area contributed by atoms with E-state index in [0.29, 0.717) is 48.5 Å². The summed E-state index contributed by atoms with van der Waals surface area (Å²) in [5, 5.41) is 20.5. The standard InChI is InChI=1S/C39H37ClFN9O3S/c1-23-32(54-39-35(23)36(26-7-9-27(40)10-8-26)44-19-33-47-46-24(2)50(33)39)14-6-25-18-45-48(20-25)17-5-4-16-43-37-30-21-49(28(22-51)11-15-34(52)42-3)38(53)29(30)12-13-31(37)41/h7-10,12-13,18,20,22,28,43H,4-5,11,15-17,19,21H2,1-3H3,(H,42,52). The first-order chi connectivity index (χ1) is 26.2. The van der Waals surface area contributed by atoms with Crippen LogP contribution in [0.15, 0.2) is 53.8 Å². The van der Waals surface area contributed by atoms with Gasteiger partial charge in [-0.1, -0.05) is 35.6 Å². The topological polar surface area (TPSA) is 139 Å². The number of carbonyl (C=O) groups is 3. The molecule has 0 saturated carbocycles. The highest BCUT2D eigenvalue weighted by atomic mass is 35.5. The van der Waals surface area contributed by atoms with Gasteiger partial charge in [0.15, 0.2) is 5.82 Å². The lowest BCUT2D eigenvalue weighted by molar-refractivity contribution is -0.121. The molecule has 7 rings (SSSR count). The fourth-order valence-corrected chi connectivity index (χ4v) is 8.09. The molecule has 3 aromatic heterocycles. The minimum atomic E-state index is -0.777. The van der Waals surface area contributed by atoms with E-state index in [1.54, 1.807) is 17.5 Å². The lowest BCUT2D eigenvalue weighted by atomic mass is 10.00. The van der Waals surface area contributed by atoms with Crippen LogP contribution >= 0.6 is 22.9 Å². The van der Waals surface area contributed by atoms with E-state index in [2.05, 4.69) is 49.3 Å². The van der Waals surface area contributed by atoms with Crippen molar-refractivity contribution in [2.24, 2.45) is 4.99 Å². The van der Waals surface area contributed by atoms with Gasteiger partial charge >= 0.3 is 0 Å². The number of rotatable bonds is 12. The lowest BCUT2D eigenvalue weighted by Gasteiger charge is -2.23. The molecule has 0 radical (unpaired) electrons. The van der Waals surface area contributed by atoms with E-state index in [4.69, 9.17) is 16.6 Å². The minimum Gasteiger partial charge on any atom is -0.382 e. The van der Waals surface area contributed by atoms with Gasteiger partial charge in [-0.15, -0.1) is 21.5 Å². The molecule has 2 aliphatic rings. The molecule has 0 aliphatic carbocycles. The van der Waals surface area contributed by atoms with Crippen LogP contribution < -0.4 is 10.6 Å². The molecule has 0 fully saturated rings. The van der Waals surface area contributed by atoms with Gasteiger partial charge in [-0.05, 0) is 62.9 Å². The van der Waals surface area contributed by atoms with E-state index >= 15 is 0 Å². The molecule has 2 amide bonds. The van der Waals surface area contributed by atoms with E-state index in [0.717, 1.165) is 55.9 Å². The Balaban J connectivity index is 0.988. The first-order valence-corrected chi connectivity index (χ1v) is 18.8. The highest BCUT2D eigenvalue weighted by Gasteiger charge is 2.35. The second kappa shape index (κ2) is 15.8. The molecule has 1 unspecified atom stereocenters. The van der Waals surface area contributed by atoms with Crippen molar-refractivity contribution in [3.05, 3.63) is 110 Å². The number of carbonyl (C=O) groups excluding carboxylic acids is 3. The van der Waals surface area contributed by atoms with Crippen LogP contribution in [0.2, 0.25) is 5.02 Å². The van der Waals surface area contributed by atoms with Gasteiger partial charge in [-0.3, -0.25) is 23.8 Å². The zero-order valence-electron chi connectivity index (χ0n) is 29.9. The fraction of sp³-hybridized carbons (Fsp3) is 0.308. The third kappa shape index (κ3) is 7.29. The van der Waals surface area contributed by atoms with Crippen molar-refractivity contribution in [2.75, 3.05) is 18.9 Å². The Morgan fingerprint density at radius 3 is 2.72 bits per heavy atom. The molecule has 0 saturated heterocycles. The molecule has 1 atom stereocenters. The van der Waals surface area contributed by atoms with Crippen LogP contribution in [0.25, 0.3) is 5.00 Å². The fourth-order valence-electron chi connectivity index (χ4n) is 6.73. The largest absolute Gasteiger partial charge is 0.382 e. The summed E-state index contributed by atoms with van der Waals surface area (Å²) in [4.78, 5) is 43.9. The second-order valence-electron chi connectivity index (χ2n) is 13.1. The summed E-state index contributed by atoms with van der Waals surface area (Å²) < 4.78 is 18.9. The van der Waals surface area contributed by atoms with E-state index in [1.807, 2.05) is 42.1 Å². The predicted octanol–water partition coefficient (Wildman–Crippen LogP) is 5.63. The molecule has 276 valence electrons. The normalized spacial score (nSPS) is 13.6. The van der Waals surface area contributed by atoms with Crippen molar-refractivity contribution in [1.82, 2.24) is 34.8 Å².